The van der Waals surface area contributed by atoms with E-state index in [1.807, 2.05) is 4.90 Å². The van der Waals surface area contributed by atoms with E-state index in [-0.39, 0.29) is 11.0 Å². The number of nitrogens with zero attached hydrogens (tertiary/aromatic N) is 2. The zero-order chi connectivity index (χ0) is 15.0. The van der Waals surface area contributed by atoms with Gasteiger partial charge in [0.2, 0.25) is 0 Å². The number of hydrogen-bond donors (Lipinski definition) is 0. The molecular weight excluding hydrogens is 265 g/mol. The smallest absolute Gasteiger partial charge is 0.371 e. The Morgan fingerprint density at radius 3 is 2.30 bits per heavy atom. The summed E-state index contributed by atoms with van der Waals surface area (Å²) >= 11 is 0. The topological polar surface area (TPSA) is 27.0 Å². The van der Waals surface area contributed by atoms with Crippen molar-refractivity contribution < 1.29 is 13.2 Å². The number of hydrogen-bond acceptors (Lipinski definition) is 2. The molecule has 1 aliphatic heterocycles. The van der Waals surface area contributed by atoms with Crippen molar-refractivity contribution in [3.63, 3.8) is 0 Å². The maximum atomic E-state index is 12.9. The molecule has 0 saturated carbocycles. The molecule has 20 heavy (non-hydrogen) atoms. The maximum Gasteiger partial charge on any atom is 0.417 e. The number of halogens is 3. The summed E-state index contributed by atoms with van der Waals surface area (Å²) < 4.78 is 38.8. The van der Waals surface area contributed by atoms with Crippen molar-refractivity contribution in [3.8, 4) is 6.07 Å². The number of anilines is 1. The second-order valence-electron chi connectivity index (χ2n) is 5.99. The first-order chi connectivity index (χ1) is 9.23. The summed E-state index contributed by atoms with van der Waals surface area (Å²) in [5, 5.41) is 8.79. The molecular formula is C15H17F3N2. The zero-order valence-electron chi connectivity index (χ0n) is 11.6. The maximum absolute atomic E-state index is 12.9. The summed E-state index contributed by atoms with van der Waals surface area (Å²) in [5.74, 6) is 0. The minimum Gasteiger partial charge on any atom is -0.371 e. The number of piperidine rings is 1. The summed E-state index contributed by atoms with van der Waals surface area (Å²) in [5.41, 5.74) is -0.372. The van der Waals surface area contributed by atoms with Gasteiger partial charge < -0.3 is 4.90 Å². The van der Waals surface area contributed by atoms with Crippen LogP contribution in [0.15, 0.2) is 18.2 Å². The van der Waals surface area contributed by atoms with Crippen molar-refractivity contribution in [2.75, 3.05) is 18.0 Å². The first kappa shape index (κ1) is 14.7. The van der Waals surface area contributed by atoms with Gasteiger partial charge in [-0.2, -0.15) is 18.4 Å². The van der Waals surface area contributed by atoms with E-state index in [1.54, 1.807) is 12.1 Å². The minimum atomic E-state index is -4.49. The van der Waals surface area contributed by atoms with E-state index in [0.29, 0.717) is 5.69 Å². The second kappa shape index (κ2) is 5.01. The van der Waals surface area contributed by atoms with Crippen LogP contribution in [-0.2, 0) is 6.18 Å². The third-order valence-electron chi connectivity index (χ3n) is 3.91. The Balaban J connectivity index is 2.29. The molecule has 0 aromatic heterocycles. The van der Waals surface area contributed by atoms with E-state index >= 15 is 0 Å². The normalized spacial score (nSPS) is 18.7. The van der Waals surface area contributed by atoms with Crippen LogP contribution in [0.1, 0.15) is 37.8 Å². The highest BCUT2D eigenvalue weighted by atomic mass is 19.4. The molecule has 0 aliphatic carbocycles. The largest absolute Gasteiger partial charge is 0.417 e. The summed E-state index contributed by atoms with van der Waals surface area (Å²) in [6, 6.07) is 5.57. The van der Waals surface area contributed by atoms with Crippen molar-refractivity contribution in [2.45, 2.75) is 32.9 Å². The van der Waals surface area contributed by atoms with Crippen LogP contribution in [0.4, 0.5) is 18.9 Å². The highest BCUT2D eigenvalue weighted by Gasteiger charge is 2.34. The lowest BCUT2D eigenvalue weighted by Gasteiger charge is -2.38. The molecule has 0 bridgehead atoms. The fourth-order valence-corrected chi connectivity index (χ4v) is 2.43. The predicted molar refractivity (Wildman–Crippen MR) is 71.4 cm³/mol. The molecule has 0 atom stereocenters. The Morgan fingerprint density at radius 1 is 1.20 bits per heavy atom. The van der Waals surface area contributed by atoms with Gasteiger partial charge in [0.15, 0.2) is 0 Å². The van der Waals surface area contributed by atoms with E-state index in [9.17, 15) is 13.2 Å². The molecule has 0 spiro atoms. The van der Waals surface area contributed by atoms with Gasteiger partial charge in [0.1, 0.15) is 0 Å². The Morgan fingerprint density at radius 2 is 1.80 bits per heavy atom. The van der Waals surface area contributed by atoms with Gasteiger partial charge in [-0.05, 0) is 36.5 Å². The van der Waals surface area contributed by atoms with Crippen LogP contribution < -0.4 is 4.90 Å². The molecule has 0 radical (unpaired) electrons. The Kier molecular flexibility index (Phi) is 3.68. The lowest BCUT2D eigenvalue weighted by atomic mass is 9.82. The molecule has 0 N–H and O–H groups in total. The van der Waals surface area contributed by atoms with Gasteiger partial charge in [0.25, 0.3) is 0 Å². The summed E-state index contributed by atoms with van der Waals surface area (Å²) in [6.45, 7) is 5.83. The van der Waals surface area contributed by atoms with Gasteiger partial charge in [-0.15, -0.1) is 0 Å². The average molecular weight is 282 g/mol. The van der Waals surface area contributed by atoms with Crippen molar-refractivity contribution in [3.05, 3.63) is 29.3 Å². The van der Waals surface area contributed by atoms with Crippen LogP contribution in [0.3, 0.4) is 0 Å². The van der Waals surface area contributed by atoms with Crippen molar-refractivity contribution in [1.29, 1.82) is 5.26 Å². The van der Waals surface area contributed by atoms with Crippen molar-refractivity contribution in [1.82, 2.24) is 0 Å². The number of rotatable bonds is 1. The van der Waals surface area contributed by atoms with Gasteiger partial charge in [-0.3, -0.25) is 0 Å². The highest BCUT2D eigenvalue weighted by molar-refractivity contribution is 5.55. The van der Waals surface area contributed by atoms with Crippen LogP contribution in [-0.4, -0.2) is 13.1 Å². The third-order valence-corrected chi connectivity index (χ3v) is 3.91. The monoisotopic (exact) mass is 282 g/mol. The van der Waals surface area contributed by atoms with E-state index < -0.39 is 11.7 Å². The molecule has 0 unspecified atom stereocenters. The van der Waals surface area contributed by atoms with E-state index in [0.717, 1.165) is 32.0 Å². The molecule has 5 heteroatoms. The number of nitriles is 1. The SMILES string of the molecule is CC1(C)CCN(c2ccc(C#N)c(C(F)(F)F)c2)CC1. The summed E-state index contributed by atoms with van der Waals surface area (Å²) in [6.07, 6.45) is -2.58. The van der Waals surface area contributed by atoms with Gasteiger partial charge >= 0.3 is 6.18 Å². The van der Waals surface area contributed by atoms with Crippen LogP contribution in [0.2, 0.25) is 0 Å². The van der Waals surface area contributed by atoms with Gasteiger partial charge in [0, 0.05) is 18.8 Å². The number of alkyl halides is 3. The molecule has 108 valence electrons. The van der Waals surface area contributed by atoms with E-state index in [2.05, 4.69) is 13.8 Å². The fraction of sp³-hybridized carbons (Fsp3) is 0.533. The first-order valence-electron chi connectivity index (χ1n) is 6.59. The summed E-state index contributed by atoms with van der Waals surface area (Å²) in [4.78, 5) is 1.96. The quantitative estimate of drug-likeness (QED) is 0.771. The average Bonchev–Trinajstić information content (AvgIpc) is 2.37. The molecule has 1 aromatic rings. The fourth-order valence-electron chi connectivity index (χ4n) is 2.43. The van der Waals surface area contributed by atoms with Crippen LogP contribution in [0.25, 0.3) is 0 Å². The lowest BCUT2D eigenvalue weighted by Crippen LogP contribution is -2.37. The molecule has 1 heterocycles. The number of benzene rings is 1. The molecule has 0 amide bonds. The molecule has 2 rings (SSSR count). The Hall–Kier alpha value is -1.70. The predicted octanol–water partition coefficient (Wildman–Crippen LogP) is 4.20. The second-order valence-corrected chi connectivity index (χ2v) is 5.99. The molecule has 1 aromatic carbocycles. The first-order valence-corrected chi connectivity index (χ1v) is 6.59. The Labute approximate surface area is 116 Å². The van der Waals surface area contributed by atoms with Crippen molar-refractivity contribution >= 4 is 5.69 Å². The minimum absolute atomic E-state index is 0.246. The van der Waals surface area contributed by atoms with Crippen LogP contribution in [0, 0.1) is 16.7 Å². The van der Waals surface area contributed by atoms with Crippen LogP contribution in [0.5, 0.6) is 0 Å². The van der Waals surface area contributed by atoms with Crippen LogP contribution >= 0.6 is 0 Å². The van der Waals surface area contributed by atoms with Crippen molar-refractivity contribution in [2.24, 2.45) is 5.41 Å². The molecule has 1 fully saturated rings. The van der Waals surface area contributed by atoms with E-state index in [1.165, 1.54) is 6.07 Å². The molecule has 1 aliphatic rings. The lowest BCUT2D eigenvalue weighted by molar-refractivity contribution is -0.137. The third kappa shape index (κ3) is 3.06. The highest BCUT2D eigenvalue weighted by Crippen LogP contribution is 2.36. The standard InChI is InChI=1S/C15H17F3N2/c1-14(2)5-7-20(8-6-14)12-4-3-11(10-19)13(9-12)15(16,17)18/h3-4,9H,5-8H2,1-2H3. The van der Waals surface area contributed by atoms with Gasteiger partial charge in [-0.1, -0.05) is 13.8 Å². The zero-order valence-corrected chi connectivity index (χ0v) is 11.6. The van der Waals surface area contributed by atoms with Gasteiger partial charge in [0.05, 0.1) is 17.2 Å². The van der Waals surface area contributed by atoms with Gasteiger partial charge in [-0.25, -0.2) is 0 Å². The molecule has 1 saturated heterocycles. The van der Waals surface area contributed by atoms with E-state index in [4.69, 9.17) is 5.26 Å². The Bertz CT molecular complexity index is 531. The summed E-state index contributed by atoms with van der Waals surface area (Å²) in [7, 11) is 0. The molecule has 2 nitrogen and oxygen atoms in total.